The van der Waals surface area contributed by atoms with Gasteiger partial charge in [0.25, 0.3) is 0 Å². The fourth-order valence-electron chi connectivity index (χ4n) is 1.47. The zero-order valence-electron chi connectivity index (χ0n) is 7.50. The molecule has 0 aliphatic heterocycles. The van der Waals surface area contributed by atoms with Crippen molar-refractivity contribution >= 4 is 5.65 Å². The molecule has 3 heteroatoms. The number of pyridine rings is 1. The normalized spacial score (nSPS) is 10.9. The van der Waals surface area contributed by atoms with Gasteiger partial charge in [-0.2, -0.15) is 0 Å². The van der Waals surface area contributed by atoms with E-state index in [1.807, 2.05) is 6.20 Å². The van der Waals surface area contributed by atoms with Crippen molar-refractivity contribution in [3.05, 3.63) is 36.0 Å². The zero-order valence-corrected chi connectivity index (χ0v) is 7.50. The first-order chi connectivity index (χ1) is 6.31. The minimum Gasteiger partial charge on any atom is -0.304 e. The first-order valence-electron chi connectivity index (χ1n) is 4.42. The van der Waals surface area contributed by atoms with Crippen LogP contribution in [0.3, 0.4) is 0 Å². The van der Waals surface area contributed by atoms with E-state index in [4.69, 9.17) is 0 Å². The summed E-state index contributed by atoms with van der Waals surface area (Å²) in [7, 11) is 0. The minimum atomic E-state index is -0.240. The summed E-state index contributed by atoms with van der Waals surface area (Å²) in [6, 6.07) is 1.56. The number of rotatable bonds is 2. The third kappa shape index (κ3) is 1.41. The van der Waals surface area contributed by atoms with Crippen LogP contribution < -0.4 is 0 Å². The second-order valence-corrected chi connectivity index (χ2v) is 3.10. The maximum Gasteiger partial charge on any atom is 0.173 e. The second kappa shape index (κ2) is 3.17. The Morgan fingerprint density at radius 1 is 1.54 bits per heavy atom. The summed E-state index contributed by atoms with van der Waals surface area (Å²) in [6.45, 7) is 2.08. The molecule has 13 heavy (non-hydrogen) atoms. The molecule has 0 N–H and O–H groups in total. The number of aryl methyl sites for hydroxylation is 1. The van der Waals surface area contributed by atoms with Crippen molar-refractivity contribution in [1.82, 2.24) is 9.38 Å². The number of aromatic nitrogens is 2. The molecule has 2 heterocycles. The molecule has 0 unspecified atom stereocenters. The van der Waals surface area contributed by atoms with Gasteiger partial charge < -0.3 is 4.40 Å². The van der Waals surface area contributed by atoms with Crippen LogP contribution in [0.5, 0.6) is 0 Å². The van der Waals surface area contributed by atoms with E-state index in [1.54, 1.807) is 22.9 Å². The van der Waals surface area contributed by atoms with Crippen LogP contribution in [0.25, 0.3) is 5.65 Å². The number of fused-ring (bicyclic) bond motifs is 1. The van der Waals surface area contributed by atoms with Gasteiger partial charge in [-0.05, 0) is 18.1 Å². The van der Waals surface area contributed by atoms with Gasteiger partial charge >= 0.3 is 0 Å². The van der Waals surface area contributed by atoms with Gasteiger partial charge in [0.05, 0.1) is 0 Å². The third-order valence-corrected chi connectivity index (χ3v) is 2.04. The molecule has 0 spiro atoms. The van der Waals surface area contributed by atoms with E-state index < -0.39 is 0 Å². The van der Waals surface area contributed by atoms with E-state index in [0.717, 1.165) is 18.4 Å². The van der Waals surface area contributed by atoms with Crippen LogP contribution in [0, 0.1) is 5.82 Å². The summed E-state index contributed by atoms with van der Waals surface area (Å²) < 4.78 is 15.0. The van der Waals surface area contributed by atoms with Crippen molar-refractivity contribution in [2.45, 2.75) is 19.8 Å². The van der Waals surface area contributed by atoms with Gasteiger partial charge in [-0.1, -0.05) is 13.3 Å². The van der Waals surface area contributed by atoms with E-state index in [0.29, 0.717) is 5.65 Å². The molecule has 0 aromatic carbocycles. The maximum atomic E-state index is 13.3. The van der Waals surface area contributed by atoms with Crippen LogP contribution in [0.15, 0.2) is 24.7 Å². The van der Waals surface area contributed by atoms with E-state index in [-0.39, 0.29) is 5.82 Å². The molecule has 2 nitrogen and oxygen atoms in total. The van der Waals surface area contributed by atoms with Gasteiger partial charge in [-0.25, -0.2) is 9.37 Å². The Morgan fingerprint density at radius 2 is 2.38 bits per heavy atom. The van der Waals surface area contributed by atoms with Gasteiger partial charge in [0.15, 0.2) is 11.5 Å². The van der Waals surface area contributed by atoms with Gasteiger partial charge in [0, 0.05) is 18.6 Å². The third-order valence-electron chi connectivity index (χ3n) is 2.04. The molecule has 0 amide bonds. The molecule has 2 rings (SSSR count). The van der Waals surface area contributed by atoms with E-state index >= 15 is 0 Å². The first kappa shape index (κ1) is 8.23. The number of hydrogen-bond acceptors (Lipinski definition) is 1. The monoisotopic (exact) mass is 178 g/mol. The quantitative estimate of drug-likeness (QED) is 0.690. The van der Waals surface area contributed by atoms with Gasteiger partial charge in [-0.15, -0.1) is 0 Å². The molecule has 0 bridgehead atoms. The summed E-state index contributed by atoms with van der Waals surface area (Å²) >= 11 is 0. The van der Waals surface area contributed by atoms with Gasteiger partial charge in [0.2, 0.25) is 0 Å². The largest absolute Gasteiger partial charge is 0.304 e. The average Bonchev–Trinajstić information content (AvgIpc) is 2.53. The lowest BCUT2D eigenvalue weighted by molar-refractivity contribution is 0.626. The van der Waals surface area contributed by atoms with Crippen LogP contribution in [0.1, 0.15) is 18.9 Å². The molecule has 0 radical (unpaired) electrons. The van der Waals surface area contributed by atoms with E-state index in [2.05, 4.69) is 11.9 Å². The number of halogens is 1. The highest BCUT2D eigenvalue weighted by atomic mass is 19.1. The Bertz CT molecular complexity index is 420. The van der Waals surface area contributed by atoms with Crippen molar-refractivity contribution in [1.29, 1.82) is 0 Å². The van der Waals surface area contributed by atoms with E-state index in [1.165, 1.54) is 0 Å². The molecule has 0 aliphatic carbocycles. The summed E-state index contributed by atoms with van der Waals surface area (Å²) in [6.07, 6.45) is 7.23. The highest BCUT2D eigenvalue weighted by Gasteiger charge is 2.03. The molecular formula is C10H11FN2. The predicted molar refractivity (Wildman–Crippen MR) is 49.1 cm³/mol. The summed E-state index contributed by atoms with van der Waals surface area (Å²) in [5, 5.41) is 0. The molecule has 0 saturated heterocycles. The highest BCUT2D eigenvalue weighted by molar-refractivity contribution is 5.41. The van der Waals surface area contributed by atoms with Crippen LogP contribution in [-0.4, -0.2) is 9.38 Å². The molecular weight excluding hydrogens is 167 g/mol. The van der Waals surface area contributed by atoms with Crippen molar-refractivity contribution in [3.63, 3.8) is 0 Å². The predicted octanol–water partition coefficient (Wildman–Crippen LogP) is 2.43. The maximum absolute atomic E-state index is 13.3. The van der Waals surface area contributed by atoms with Crippen LogP contribution >= 0.6 is 0 Å². The van der Waals surface area contributed by atoms with Gasteiger partial charge in [-0.3, -0.25) is 0 Å². The lowest BCUT2D eigenvalue weighted by atomic mass is 10.2. The van der Waals surface area contributed by atoms with Crippen molar-refractivity contribution in [3.8, 4) is 0 Å². The molecule has 2 aromatic rings. The van der Waals surface area contributed by atoms with Crippen molar-refractivity contribution in [2.75, 3.05) is 0 Å². The number of hydrogen-bond donors (Lipinski definition) is 0. The minimum absolute atomic E-state index is 0.240. The van der Waals surface area contributed by atoms with Crippen LogP contribution in [0.2, 0.25) is 0 Å². The molecule has 0 saturated carbocycles. The lowest BCUT2D eigenvalue weighted by Crippen LogP contribution is -1.93. The zero-order chi connectivity index (χ0) is 9.26. The van der Waals surface area contributed by atoms with E-state index in [9.17, 15) is 4.39 Å². The standard InChI is InChI=1S/C10H11FN2/c1-2-3-8-6-9(11)10-12-4-5-13(10)7-8/h4-7H,2-3H2,1H3. The Morgan fingerprint density at radius 3 is 3.15 bits per heavy atom. The van der Waals surface area contributed by atoms with Crippen LogP contribution in [0.4, 0.5) is 4.39 Å². The number of nitrogens with zero attached hydrogens (tertiary/aromatic N) is 2. The number of imidazole rings is 1. The van der Waals surface area contributed by atoms with Crippen LogP contribution in [-0.2, 0) is 6.42 Å². The Balaban J connectivity index is 2.56. The molecule has 2 aromatic heterocycles. The topological polar surface area (TPSA) is 17.3 Å². The SMILES string of the molecule is CCCc1cc(F)c2nccn2c1. The van der Waals surface area contributed by atoms with Crippen molar-refractivity contribution in [2.24, 2.45) is 0 Å². The van der Waals surface area contributed by atoms with Gasteiger partial charge in [0.1, 0.15) is 0 Å². The van der Waals surface area contributed by atoms with Crippen molar-refractivity contribution < 1.29 is 4.39 Å². The summed E-state index contributed by atoms with van der Waals surface area (Å²) in [5.41, 5.74) is 1.42. The molecule has 0 fully saturated rings. The molecule has 0 atom stereocenters. The fourth-order valence-corrected chi connectivity index (χ4v) is 1.47. The Kier molecular flexibility index (Phi) is 2.00. The first-order valence-corrected chi connectivity index (χ1v) is 4.42. The average molecular weight is 178 g/mol. The lowest BCUT2D eigenvalue weighted by Gasteiger charge is -2.01. The Labute approximate surface area is 76.0 Å². The smallest absolute Gasteiger partial charge is 0.173 e. The Hall–Kier alpha value is -1.38. The summed E-state index contributed by atoms with van der Waals surface area (Å²) in [4.78, 5) is 3.91. The highest BCUT2D eigenvalue weighted by Crippen LogP contribution is 2.11. The second-order valence-electron chi connectivity index (χ2n) is 3.10. The molecule has 68 valence electrons. The fraction of sp³-hybridized carbons (Fsp3) is 0.300. The molecule has 0 aliphatic rings. The summed E-state index contributed by atoms with van der Waals surface area (Å²) in [5.74, 6) is -0.240.